The lowest BCUT2D eigenvalue weighted by Crippen LogP contribution is -2.38. The van der Waals surface area contributed by atoms with E-state index < -0.39 is 0 Å². The molecule has 0 fully saturated rings. The van der Waals surface area contributed by atoms with Crippen LogP contribution in [0.15, 0.2) is 53.0 Å². The lowest BCUT2D eigenvalue weighted by Gasteiger charge is -2.10. The summed E-state index contributed by atoms with van der Waals surface area (Å²) in [5.41, 5.74) is 2.57. The van der Waals surface area contributed by atoms with E-state index in [-0.39, 0.29) is 43.7 Å². The van der Waals surface area contributed by atoms with E-state index in [0.29, 0.717) is 0 Å². The van der Waals surface area contributed by atoms with Crippen LogP contribution in [-0.2, 0) is 20.8 Å². The van der Waals surface area contributed by atoms with Crippen LogP contribution < -0.4 is 16.0 Å². The van der Waals surface area contributed by atoms with Crippen molar-refractivity contribution in [3.63, 3.8) is 0 Å². The predicted octanol–water partition coefficient (Wildman–Crippen LogP) is 2.56. The first-order chi connectivity index (χ1) is 12.9. The number of carbonyl (C=O) groups excluding carboxylic acids is 3. The van der Waals surface area contributed by atoms with Crippen molar-refractivity contribution in [2.45, 2.75) is 19.8 Å². The van der Waals surface area contributed by atoms with Crippen molar-refractivity contribution >= 4 is 39.3 Å². The first-order valence-corrected chi connectivity index (χ1v) is 9.36. The Morgan fingerprint density at radius 1 is 0.926 bits per heavy atom. The summed E-state index contributed by atoms with van der Waals surface area (Å²) < 4.78 is 0.878. The fourth-order valence-corrected chi connectivity index (χ4v) is 2.70. The van der Waals surface area contributed by atoms with Crippen molar-refractivity contribution in [1.82, 2.24) is 10.6 Å². The molecular weight excluding hydrogens is 410 g/mol. The van der Waals surface area contributed by atoms with E-state index in [1.54, 1.807) is 0 Å². The van der Waals surface area contributed by atoms with Crippen molar-refractivity contribution in [3.05, 3.63) is 64.1 Å². The molecule has 0 radical (unpaired) electrons. The van der Waals surface area contributed by atoms with Gasteiger partial charge >= 0.3 is 0 Å². The minimum atomic E-state index is -0.331. The number of carbonyl (C=O) groups is 3. The van der Waals surface area contributed by atoms with Crippen LogP contribution in [0.2, 0.25) is 0 Å². The molecule has 0 bridgehead atoms. The fraction of sp³-hybridized carbons (Fsp3) is 0.250. The average molecular weight is 432 g/mol. The Bertz CT molecular complexity index is 809. The second-order valence-corrected chi connectivity index (χ2v) is 6.96. The predicted molar refractivity (Wildman–Crippen MR) is 108 cm³/mol. The highest BCUT2D eigenvalue weighted by molar-refractivity contribution is 9.10. The molecule has 0 aliphatic heterocycles. The van der Waals surface area contributed by atoms with Crippen LogP contribution in [-0.4, -0.2) is 30.8 Å². The largest absolute Gasteiger partial charge is 0.354 e. The monoisotopic (exact) mass is 431 g/mol. The van der Waals surface area contributed by atoms with E-state index in [1.807, 2.05) is 55.5 Å². The molecule has 0 unspecified atom stereocenters. The molecule has 0 heterocycles. The minimum absolute atomic E-state index is 0.113. The smallest absolute Gasteiger partial charge is 0.239 e. The van der Waals surface area contributed by atoms with Gasteiger partial charge in [-0.15, -0.1) is 0 Å². The Morgan fingerprint density at radius 3 is 2.41 bits per heavy atom. The molecule has 0 spiro atoms. The topological polar surface area (TPSA) is 87.3 Å². The van der Waals surface area contributed by atoms with Crippen LogP contribution in [0.25, 0.3) is 0 Å². The standard InChI is InChI=1S/C20H22BrN3O3/c1-14-7-8-16(21)12-17(14)24-18(25)9-10-22-20(27)13-23-19(26)11-15-5-3-2-4-6-15/h2-8,12H,9-11,13H2,1H3,(H,22,27)(H,23,26)(H,24,25). The summed E-state index contributed by atoms with van der Waals surface area (Å²) in [6, 6.07) is 14.9. The van der Waals surface area contributed by atoms with Crippen molar-refractivity contribution < 1.29 is 14.4 Å². The van der Waals surface area contributed by atoms with Crippen LogP contribution in [0.3, 0.4) is 0 Å². The van der Waals surface area contributed by atoms with E-state index in [2.05, 4.69) is 31.9 Å². The summed E-state index contributed by atoms with van der Waals surface area (Å²) in [6.07, 6.45) is 0.373. The molecule has 0 atom stereocenters. The molecule has 142 valence electrons. The van der Waals surface area contributed by atoms with Gasteiger partial charge in [0.05, 0.1) is 13.0 Å². The summed E-state index contributed by atoms with van der Waals surface area (Å²) in [4.78, 5) is 35.6. The second kappa shape index (κ2) is 10.5. The number of anilines is 1. The van der Waals surface area contributed by atoms with Crippen LogP contribution in [0.1, 0.15) is 17.5 Å². The molecule has 3 amide bonds. The molecule has 0 aliphatic carbocycles. The van der Waals surface area contributed by atoms with Crippen molar-refractivity contribution in [1.29, 1.82) is 0 Å². The van der Waals surface area contributed by atoms with Crippen LogP contribution in [0.4, 0.5) is 5.69 Å². The molecule has 6 nitrogen and oxygen atoms in total. The molecule has 2 aromatic rings. The van der Waals surface area contributed by atoms with E-state index in [9.17, 15) is 14.4 Å². The number of hydrogen-bond acceptors (Lipinski definition) is 3. The highest BCUT2D eigenvalue weighted by atomic mass is 79.9. The number of aryl methyl sites for hydroxylation is 1. The van der Waals surface area contributed by atoms with Gasteiger partial charge in [-0.25, -0.2) is 0 Å². The molecule has 7 heteroatoms. The maximum absolute atomic E-state index is 12.0. The van der Waals surface area contributed by atoms with E-state index in [0.717, 1.165) is 21.3 Å². The van der Waals surface area contributed by atoms with Gasteiger partial charge in [0.15, 0.2) is 0 Å². The molecule has 0 saturated carbocycles. The van der Waals surface area contributed by atoms with Gasteiger partial charge in [0.25, 0.3) is 0 Å². The Morgan fingerprint density at radius 2 is 1.67 bits per heavy atom. The zero-order valence-electron chi connectivity index (χ0n) is 15.0. The first kappa shape index (κ1) is 20.6. The Hall–Kier alpha value is -2.67. The quantitative estimate of drug-likeness (QED) is 0.599. The normalized spacial score (nSPS) is 10.1. The third-order valence-electron chi connectivity index (χ3n) is 3.80. The summed E-state index contributed by atoms with van der Waals surface area (Å²) in [5, 5.41) is 8.00. The second-order valence-electron chi connectivity index (χ2n) is 6.05. The third kappa shape index (κ3) is 7.62. The Kier molecular flexibility index (Phi) is 8.00. The number of nitrogens with one attached hydrogen (secondary N) is 3. The SMILES string of the molecule is Cc1ccc(Br)cc1NC(=O)CCNC(=O)CNC(=O)Cc1ccccc1. The average Bonchev–Trinajstić information content (AvgIpc) is 2.64. The number of benzene rings is 2. The van der Waals surface area contributed by atoms with Gasteiger partial charge in [-0.2, -0.15) is 0 Å². The maximum Gasteiger partial charge on any atom is 0.239 e. The van der Waals surface area contributed by atoms with E-state index in [4.69, 9.17) is 0 Å². The molecule has 0 aliphatic rings. The highest BCUT2D eigenvalue weighted by Gasteiger charge is 2.08. The number of halogens is 1. The van der Waals surface area contributed by atoms with Gasteiger partial charge in [0.1, 0.15) is 0 Å². The van der Waals surface area contributed by atoms with Crippen LogP contribution in [0, 0.1) is 6.92 Å². The molecule has 27 heavy (non-hydrogen) atoms. The molecule has 0 saturated heterocycles. The first-order valence-electron chi connectivity index (χ1n) is 8.57. The van der Waals surface area contributed by atoms with Crippen molar-refractivity contribution in [2.24, 2.45) is 0 Å². The number of amides is 3. The van der Waals surface area contributed by atoms with Crippen molar-refractivity contribution in [2.75, 3.05) is 18.4 Å². The fourth-order valence-electron chi connectivity index (χ4n) is 2.34. The Balaban J connectivity index is 1.64. The van der Waals surface area contributed by atoms with Crippen molar-refractivity contribution in [3.8, 4) is 0 Å². The van der Waals surface area contributed by atoms with Gasteiger partial charge in [0, 0.05) is 23.1 Å². The van der Waals surface area contributed by atoms with Gasteiger partial charge in [-0.05, 0) is 30.2 Å². The zero-order valence-corrected chi connectivity index (χ0v) is 16.6. The van der Waals surface area contributed by atoms with E-state index in [1.165, 1.54) is 0 Å². The van der Waals surface area contributed by atoms with Crippen LogP contribution in [0.5, 0.6) is 0 Å². The number of rotatable bonds is 8. The lowest BCUT2D eigenvalue weighted by molar-refractivity contribution is -0.125. The summed E-state index contributed by atoms with van der Waals surface area (Å²) in [5.74, 6) is -0.744. The molecule has 2 aromatic carbocycles. The molecular formula is C20H22BrN3O3. The summed E-state index contributed by atoms with van der Waals surface area (Å²) >= 11 is 3.36. The van der Waals surface area contributed by atoms with Gasteiger partial charge in [-0.3, -0.25) is 14.4 Å². The molecule has 2 rings (SSSR count). The van der Waals surface area contributed by atoms with Crippen LogP contribution >= 0.6 is 15.9 Å². The summed E-state index contributed by atoms with van der Waals surface area (Å²) in [7, 11) is 0. The molecule has 3 N–H and O–H groups in total. The Labute approximate surface area is 166 Å². The summed E-state index contributed by atoms with van der Waals surface area (Å²) in [6.45, 7) is 1.99. The highest BCUT2D eigenvalue weighted by Crippen LogP contribution is 2.20. The maximum atomic E-state index is 12.0. The molecule has 0 aromatic heterocycles. The van der Waals surface area contributed by atoms with E-state index >= 15 is 0 Å². The van der Waals surface area contributed by atoms with Gasteiger partial charge < -0.3 is 16.0 Å². The number of hydrogen-bond donors (Lipinski definition) is 3. The lowest BCUT2D eigenvalue weighted by atomic mass is 10.1. The van der Waals surface area contributed by atoms with Gasteiger partial charge in [0.2, 0.25) is 17.7 Å². The zero-order chi connectivity index (χ0) is 19.6. The minimum Gasteiger partial charge on any atom is -0.354 e. The van der Waals surface area contributed by atoms with Gasteiger partial charge in [-0.1, -0.05) is 52.3 Å². The third-order valence-corrected chi connectivity index (χ3v) is 4.29.